The van der Waals surface area contributed by atoms with Crippen molar-refractivity contribution in [1.29, 1.82) is 5.26 Å². The monoisotopic (exact) mass is 412 g/mol. The SMILES string of the molecule is C[C@@H](C#N)CSc1nnc(-c2ccccc2Br)n1Cc1ccccc1. The van der Waals surface area contributed by atoms with Gasteiger partial charge in [0.2, 0.25) is 0 Å². The molecule has 0 aliphatic heterocycles. The Morgan fingerprint density at radius 3 is 2.56 bits per heavy atom. The van der Waals surface area contributed by atoms with Crippen LogP contribution in [0.2, 0.25) is 0 Å². The van der Waals surface area contributed by atoms with Crippen LogP contribution in [0.5, 0.6) is 0 Å². The molecule has 0 unspecified atom stereocenters. The summed E-state index contributed by atoms with van der Waals surface area (Å²) in [6, 6.07) is 20.5. The first-order valence-corrected chi connectivity index (χ1v) is 9.71. The first kappa shape index (κ1) is 17.7. The fourth-order valence-corrected chi connectivity index (χ4v) is 3.72. The fraction of sp³-hybridized carbons (Fsp3) is 0.211. The van der Waals surface area contributed by atoms with Crippen molar-refractivity contribution in [2.45, 2.75) is 18.6 Å². The first-order valence-electron chi connectivity index (χ1n) is 7.93. The standard InChI is InChI=1S/C19H17BrN4S/c1-14(11-21)13-25-19-23-22-18(16-9-5-6-10-17(16)20)24(19)12-15-7-3-2-4-8-15/h2-10,14H,12-13H2,1H3/t14-/m0/s1. The quantitative estimate of drug-likeness (QED) is 0.534. The van der Waals surface area contributed by atoms with Crippen molar-refractivity contribution < 1.29 is 0 Å². The van der Waals surface area contributed by atoms with Crippen molar-refractivity contribution in [2.24, 2.45) is 5.92 Å². The molecule has 126 valence electrons. The summed E-state index contributed by atoms with van der Waals surface area (Å²) in [4.78, 5) is 0. The Labute approximate surface area is 160 Å². The average Bonchev–Trinajstić information content (AvgIpc) is 3.03. The lowest BCUT2D eigenvalue weighted by Gasteiger charge is -2.11. The van der Waals surface area contributed by atoms with Crippen molar-refractivity contribution in [3.63, 3.8) is 0 Å². The van der Waals surface area contributed by atoms with Crippen molar-refractivity contribution >= 4 is 27.7 Å². The highest BCUT2D eigenvalue weighted by atomic mass is 79.9. The molecule has 0 bridgehead atoms. The molecule has 0 fully saturated rings. The highest BCUT2D eigenvalue weighted by Gasteiger charge is 2.17. The van der Waals surface area contributed by atoms with E-state index >= 15 is 0 Å². The molecule has 0 amide bonds. The second-order valence-electron chi connectivity index (χ2n) is 5.70. The predicted molar refractivity (Wildman–Crippen MR) is 104 cm³/mol. The molecule has 0 radical (unpaired) electrons. The van der Waals surface area contributed by atoms with E-state index < -0.39 is 0 Å². The molecule has 0 spiro atoms. The van der Waals surface area contributed by atoms with Gasteiger partial charge in [0, 0.05) is 15.8 Å². The number of hydrogen-bond donors (Lipinski definition) is 0. The van der Waals surface area contributed by atoms with Crippen molar-refractivity contribution in [3.05, 3.63) is 64.6 Å². The zero-order valence-electron chi connectivity index (χ0n) is 13.8. The van der Waals surface area contributed by atoms with Crippen LogP contribution in [0.15, 0.2) is 64.2 Å². The minimum Gasteiger partial charge on any atom is -0.298 e. The summed E-state index contributed by atoms with van der Waals surface area (Å²) < 4.78 is 3.10. The first-order chi connectivity index (χ1) is 12.2. The van der Waals surface area contributed by atoms with Gasteiger partial charge in [0.25, 0.3) is 0 Å². The summed E-state index contributed by atoms with van der Waals surface area (Å²) in [7, 11) is 0. The molecule has 6 heteroatoms. The molecule has 0 saturated carbocycles. The largest absolute Gasteiger partial charge is 0.298 e. The summed E-state index contributed by atoms with van der Waals surface area (Å²) in [5.41, 5.74) is 2.19. The van der Waals surface area contributed by atoms with E-state index in [0.717, 1.165) is 21.0 Å². The van der Waals surface area contributed by atoms with E-state index in [1.165, 1.54) is 5.56 Å². The number of aromatic nitrogens is 3. The van der Waals surface area contributed by atoms with E-state index in [4.69, 9.17) is 5.26 Å². The Bertz CT molecular complexity index is 886. The van der Waals surface area contributed by atoms with Gasteiger partial charge in [0.1, 0.15) is 0 Å². The smallest absolute Gasteiger partial charge is 0.191 e. The van der Waals surface area contributed by atoms with E-state index in [1.807, 2.05) is 49.4 Å². The highest BCUT2D eigenvalue weighted by Crippen LogP contribution is 2.30. The van der Waals surface area contributed by atoms with Crippen molar-refractivity contribution in [2.75, 3.05) is 5.75 Å². The van der Waals surface area contributed by atoms with Gasteiger partial charge in [-0.05, 0) is 18.6 Å². The molecule has 0 N–H and O–H groups in total. The summed E-state index contributed by atoms with van der Waals surface area (Å²) in [5, 5.41) is 18.7. The van der Waals surface area contributed by atoms with E-state index in [-0.39, 0.29) is 5.92 Å². The maximum absolute atomic E-state index is 9.02. The van der Waals surface area contributed by atoms with E-state index in [0.29, 0.717) is 12.3 Å². The van der Waals surface area contributed by atoms with Gasteiger partial charge >= 0.3 is 0 Å². The number of rotatable bonds is 6. The van der Waals surface area contributed by atoms with Crippen LogP contribution in [0.1, 0.15) is 12.5 Å². The number of benzene rings is 2. The van der Waals surface area contributed by atoms with Gasteiger partial charge in [-0.25, -0.2) is 0 Å². The van der Waals surface area contributed by atoms with E-state index in [2.05, 4.69) is 48.9 Å². The Balaban J connectivity index is 1.99. The second-order valence-corrected chi connectivity index (χ2v) is 7.54. The molecule has 0 aliphatic rings. The molecule has 4 nitrogen and oxygen atoms in total. The number of nitriles is 1. The van der Waals surface area contributed by atoms with Gasteiger partial charge in [-0.15, -0.1) is 10.2 Å². The van der Waals surface area contributed by atoms with Crippen molar-refractivity contribution in [1.82, 2.24) is 14.8 Å². The minimum atomic E-state index is -0.0289. The lowest BCUT2D eigenvalue weighted by Crippen LogP contribution is -2.05. The van der Waals surface area contributed by atoms with Crippen LogP contribution in [0.3, 0.4) is 0 Å². The van der Waals surface area contributed by atoms with Crippen LogP contribution in [0, 0.1) is 17.2 Å². The number of thioether (sulfide) groups is 1. The molecule has 1 aromatic heterocycles. The Morgan fingerprint density at radius 1 is 1.12 bits per heavy atom. The third-order valence-electron chi connectivity index (χ3n) is 3.70. The van der Waals surface area contributed by atoms with Crippen LogP contribution in [-0.4, -0.2) is 20.5 Å². The van der Waals surface area contributed by atoms with Gasteiger partial charge in [0.05, 0.1) is 18.5 Å². The fourth-order valence-electron chi connectivity index (χ4n) is 2.38. The normalized spacial score (nSPS) is 11.9. The van der Waals surface area contributed by atoms with Crippen LogP contribution >= 0.6 is 27.7 Å². The Kier molecular flexibility index (Phi) is 5.90. The van der Waals surface area contributed by atoms with Gasteiger partial charge in [-0.1, -0.05) is 76.2 Å². The van der Waals surface area contributed by atoms with Crippen LogP contribution in [0.4, 0.5) is 0 Å². The molecule has 1 heterocycles. The molecule has 3 rings (SSSR count). The summed E-state index contributed by atoms with van der Waals surface area (Å²) in [5.74, 6) is 1.49. The number of halogens is 1. The minimum absolute atomic E-state index is 0.0289. The molecule has 1 atom stereocenters. The summed E-state index contributed by atoms with van der Waals surface area (Å²) in [6.45, 7) is 2.60. The number of hydrogen-bond acceptors (Lipinski definition) is 4. The molecule has 2 aromatic carbocycles. The summed E-state index contributed by atoms with van der Waals surface area (Å²) in [6.07, 6.45) is 0. The summed E-state index contributed by atoms with van der Waals surface area (Å²) >= 11 is 5.18. The van der Waals surface area contributed by atoms with Crippen molar-refractivity contribution in [3.8, 4) is 17.5 Å². The van der Waals surface area contributed by atoms with Crippen LogP contribution in [0.25, 0.3) is 11.4 Å². The zero-order valence-corrected chi connectivity index (χ0v) is 16.2. The van der Waals surface area contributed by atoms with Gasteiger partial charge in [-0.3, -0.25) is 4.57 Å². The third kappa shape index (κ3) is 4.30. The maximum Gasteiger partial charge on any atom is 0.191 e. The average molecular weight is 413 g/mol. The van der Waals surface area contributed by atoms with Gasteiger partial charge in [-0.2, -0.15) is 5.26 Å². The molecule has 3 aromatic rings. The van der Waals surface area contributed by atoms with Crippen LogP contribution < -0.4 is 0 Å². The number of nitrogens with zero attached hydrogens (tertiary/aromatic N) is 4. The molecular weight excluding hydrogens is 396 g/mol. The predicted octanol–water partition coefficient (Wildman–Crippen LogP) is 5.01. The topological polar surface area (TPSA) is 54.5 Å². The Morgan fingerprint density at radius 2 is 1.84 bits per heavy atom. The molecule has 25 heavy (non-hydrogen) atoms. The van der Waals surface area contributed by atoms with E-state index in [1.54, 1.807) is 11.8 Å². The highest BCUT2D eigenvalue weighted by molar-refractivity contribution is 9.10. The maximum atomic E-state index is 9.02. The lowest BCUT2D eigenvalue weighted by atomic mass is 10.2. The van der Waals surface area contributed by atoms with Crippen LogP contribution in [-0.2, 0) is 6.54 Å². The second kappa shape index (κ2) is 8.32. The van der Waals surface area contributed by atoms with E-state index in [9.17, 15) is 0 Å². The third-order valence-corrected chi connectivity index (χ3v) is 5.62. The van der Waals surface area contributed by atoms with Gasteiger partial charge < -0.3 is 0 Å². The molecular formula is C19H17BrN4S. The molecule has 0 aliphatic carbocycles. The Hall–Kier alpha value is -2.10. The molecule has 0 saturated heterocycles. The zero-order chi connectivity index (χ0) is 17.6. The lowest BCUT2D eigenvalue weighted by molar-refractivity contribution is 0.712. The van der Waals surface area contributed by atoms with Gasteiger partial charge in [0.15, 0.2) is 11.0 Å².